The Hall–Kier alpha value is -1.09. The summed E-state index contributed by atoms with van der Waals surface area (Å²) in [5.41, 5.74) is 0.823. The molecule has 0 bridgehead atoms. The Morgan fingerprint density at radius 2 is 2.33 bits per heavy atom. The van der Waals surface area contributed by atoms with Crippen molar-refractivity contribution in [1.29, 1.82) is 0 Å². The van der Waals surface area contributed by atoms with Crippen LogP contribution in [-0.4, -0.2) is 15.9 Å². The van der Waals surface area contributed by atoms with E-state index in [4.69, 9.17) is 11.6 Å². The van der Waals surface area contributed by atoms with Crippen molar-refractivity contribution in [2.75, 3.05) is 0 Å². The van der Waals surface area contributed by atoms with E-state index >= 15 is 0 Å². The molecule has 0 aliphatic rings. The molecule has 0 atom stereocenters. The number of Topliss-reactive ketones (excluding diaryl/α,β-unsaturated/α-hetero) is 1. The van der Waals surface area contributed by atoms with E-state index in [2.05, 4.69) is 4.98 Å². The summed E-state index contributed by atoms with van der Waals surface area (Å²) >= 11 is 5.54. The monoisotopic (exact) mass is 185 g/mol. The maximum Gasteiger partial charge on any atom is 0.163 e. The fourth-order valence-electron chi connectivity index (χ4n) is 0.999. The van der Waals surface area contributed by atoms with Gasteiger partial charge in [-0.05, 0) is 12.5 Å². The zero-order valence-corrected chi connectivity index (χ0v) is 7.30. The molecular formula is C8H8ClNO2. The number of alkyl halides is 1. The van der Waals surface area contributed by atoms with Crippen molar-refractivity contribution in [3.63, 3.8) is 0 Å². The first-order chi connectivity index (χ1) is 5.66. The molecule has 1 aromatic heterocycles. The summed E-state index contributed by atoms with van der Waals surface area (Å²) in [6.07, 6.45) is 2.70. The Morgan fingerprint density at radius 1 is 1.67 bits per heavy atom. The molecule has 0 aliphatic carbocycles. The van der Waals surface area contributed by atoms with Gasteiger partial charge in [0.1, 0.15) is 5.75 Å². The van der Waals surface area contributed by atoms with E-state index in [0.29, 0.717) is 5.56 Å². The van der Waals surface area contributed by atoms with Crippen LogP contribution in [0, 0.1) is 0 Å². The minimum absolute atomic E-state index is 0.111. The molecule has 1 rings (SSSR count). The fourth-order valence-corrected chi connectivity index (χ4v) is 1.20. The fraction of sp³-hybridized carbons (Fsp3) is 0.250. The van der Waals surface area contributed by atoms with Crippen molar-refractivity contribution >= 4 is 17.4 Å². The summed E-state index contributed by atoms with van der Waals surface area (Å²) in [6, 6.07) is 0. The molecule has 64 valence electrons. The maximum absolute atomic E-state index is 11.0. The zero-order valence-electron chi connectivity index (χ0n) is 6.54. The first kappa shape index (κ1) is 9.00. The summed E-state index contributed by atoms with van der Waals surface area (Å²) < 4.78 is 0. The van der Waals surface area contributed by atoms with E-state index in [-0.39, 0.29) is 23.0 Å². The van der Waals surface area contributed by atoms with Gasteiger partial charge in [-0.3, -0.25) is 9.78 Å². The quantitative estimate of drug-likeness (QED) is 0.564. The van der Waals surface area contributed by atoms with E-state index in [9.17, 15) is 9.90 Å². The van der Waals surface area contributed by atoms with Crippen LogP contribution in [0.25, 0.3) is 0 Å². The Balaban J connectivity index is 3.29. The topological polar surface area (TPSA) is 50.2 Å². The van der Waals surface area contributed by atoms with E-state index in [1.807, 2.05) is 0 Å². The molecule has 12 heavy (non-hydrogen) atoms. The van der Waals surface area contributed by atoms with Crippen molar-refractivity contribution in [1.82, 2.24) is 4.98 Å². The van der Waals surface area contributed by atoms with E-state index in [1.165, 1.54) is 19.3 Å². The molecule has 0 unspecified atom stereocenters. The lowest BCUT2D eigenvalue weighted by Gasteiger charge is -2.03. The van der Waals surface area contributed by atoms with Crippen molar-refractivity contribution < 1.29 is 9.90 Å². The highest BCUT2D eigenvalue weighted by atomic mass is 35.5. The smallest absolute Gasteiger partial charge is 0.163 e. The van der Waals surface area contributed by atoms with Gasteiger partial charge in [-0.1, -0.05) is 0 Å². The van der Waals surface area contributed by atoms with Gasteiger partial charge in [0.25, 0.3) is 0 Å². The second-order valence-corrected chi connectivity index (χ2v) is 2.65. The van der Waals surface area contributed by atoms with Gasteiger partial charge in [0.05, 0.1) is 11.8 Å². The van der Waals surface area contributed by atoms with Crippen LogP contribution in [0.4, 0.5) is 0 Å². The van der Waals surface area contributed by atoms with Gasteiger partial charge < -0.3 is 5.11 Å². The third kappa shape index (κ3) is 1.56. The molecule has 0 saturated carbocycles. The molecule has 0 aromatic carbocycles. The minimum atomic E-state index is -0.203. The van der Waals surface area contributed by atoms with Gasteiger partial charge in [0, 0.05) is 12.1 Å². The van der Waals surface area contributed by atoms with Crippen LogP contribution in [0.15, 0.2) is 12.4 Å². The van der Waals surface area contributed by atoms with Crippen LogP contribution < -0.4 is 0 Å². The lowest BCUT2D eigenvalue weighted by molar-refractivity contribution is 0.101. The van der Waals surface area contributed by atoms with Crippen molar-refractivity contribution in [2.24, 2.45) is 0 Å². The number of carbonyl (C=O) groups is 1. The SMILES string of the molecule is CC(=O)c1c(O)cncc1CCl. The Morgan fingerprint density at radius 3 is 2.75 bits per heavy atom. The van der Waals surface area contributed by atoms with Gasteiger partial charge >= 0.3 is 0 Å². The van der Waals surface area contributed by atoms with E-state index < -0.39 is 0 Å². The molecule has 3 nitrogen and oxygen atoms in total. The number of aromatic hydroxyl groups is 1. The van der Waals surface area contributed by atoms with Crippen molar-refractivity contribution in [3.8, 4) is 5.75 Å². The number of rotatable bonds is 2. The van der Waals surface area contributed by atoms with Crippen molar-refractivity contribution in [2.45, 2.75) is 12.8 Å². The third-order valence-electron chi connectivity index (χ3n) is 1.50. The Labute approximate surface area is 75.0 Å². The molecule has 1 N–H and O–H groups in total. The number of hydrogen-bond acceptors (Lipinski definition) is 3. The molecule has 0 spiro atoms. The third-order valence-corrected chi connectivity index (χ3v) is 1.79. The van der Waals surface area contributed by atoms with E-state index in [0.717, 1.165) is 0 Å². The first-order valence-electron chi connectivity index (χ1n) is 3.39. The first-order valence-corrected chi connectivity index (χ1v) is 3.93. The molecule has 0 saturated heterocycles. The van der Waals surface area contributed by atoms with Crippen LogP contribution >= 0.6 is 11.6 Å². The summed E-state index contributed by atoms with van der Waals surface area (Å²) in [5.74, 6) is -0.137. The van der Waals surface area contributed by atoms with Crippen LogP contribution in [0.3, 0.4) is 0 Å². The van der Waals surface area contributed by atoms with Crippen molar-refractivity contribution in [3.05, 3.63) is 23.5 Å². The molecule has 0 aliphatic heterocycles. The molecule has 1 aromatic rings. The van der Waals surface area contributed by atoms with Gasteiger partial charge in [-0.15, -0.1) is 11.6 Å². The maximum atomic E-state index is 11.0. The lowest BCUT2D eigenvalue weighted by atomic mass is 10.1. The van der Waals surface area contributed by atoms with Crippen LogP contribution in [-0.2, 0) is 5.88 Å². The van der Waals surface area contributed by atoms with E-state index in [1.54, 1.807) is 0 Å². The highest BCUT2D eigenvalue weighted by Crippen LogP contribution is 2.21. The highest BCUT2D eigenvalue weighted by molar-refractivity contribution is 6.17. The summed E-state index contributed by atoms with van der Waals surface area (Å²) in [4.78, 5) is 14.7. The molecular weight excluding hydrogens is 178 g/mol. The molecule has 0 amide bonds. The van der Waals surface area contributed by atoms with Gasteiger partial charge in [0.15, 0.2) is 5.78 Å². The number of pyridine rings is 1. The van der Waals surface area contributed by atoms with Gasteiger partial charge in [0.2, 0.25) is 0 Å². The van der Waals surface area contributed by atoms with Crippen LogP contribution in [0.2, 0.25) is 0 Å². The lowest BCUT2D eigenvalue weighted by Crippen LogP contribution is -1.99. The predicted molar refractivity (Wildman–Crippen MR) is 45.5 cm³/mol. The number of nitrogens with zero attached hydrogens (tertiary/aromatic N) is 1. The summed E-state index contributed by atoms with van der Waals surface area (Å²) in [7, 11) is 0. The Bertz CT molecular complexity index is 312. The molecule has 1 heterocycles. The average molecular weight is 186 g/mol. The zero-order chi connectivity index (χ0) is 9.14. The second-order valence-electron chi connectivity index (χ2n) is 2.38. The standard InChI is InChI=1S/C8H8ClNO2/c1-5(11)8-6(2-9)3-10-4-7(8)12/h3-4,12H,2H2,1H3. The second kappa shape index (κ2) is 3.54. The van der Waals surface area contributed by atoms with Crippen LogP contribution in [0.5, 0.6) is 5.75 Å². The molecule has 0 radical (unpaired) electrons. The summed E-state index contributed by atoms with van der Waals surface area (Å²) in [5, 5.41) is 9.25. The number of carbonyl (C=O) groups excluding carboxylic acids is 1. The largest absolute Gasteiger partial charge is 0.506 e. The van der Waals surface area contributed by atoms with Gasteiger partial charge in [-0.2, -0.15) is 0 Å². The molecule has 0 fully saturated rings. The van der Waals surface area contributed by atoms with Gasteiger partial charge in [-0.25, -0.2) is 0 Å². The number of halogens is 1. The number of ketones is 1. The Kier molecular flexibility index (Phi) is 2.65. The number of hydrogen-bond donors (Lipinski definition) is 1. The minimum Gasteiger partial charge on any atom is -0.506 e. The normalized spacial score (nSPS) is 9.83. The molecule has 4 heteroatoms. The number of aromatic nitrogens is 1. The average Bonchev–Trinajstić information content (AvgIpc) is 2.03. The highest BCUT2D eigenvalue weighted by Gasteiger charge is 2.11. The van der Waals surface area contributed by atoms with Crippen LogP contribution in [0.1, 0.15) is 22.8 Å². The predicted octanol–water partition coefficient (Wildman–Crippen LogP) is 1.73. The summed E-state index contributed by atoms with van der Waals surface area (Å²) in [6.45, 7) is 1.38.